The SMILES string of the molecule is C=CCBr.[CH3][Hf]([CH3])([CH3])([CH3])([CH3])[C]1=CC=CC1. The fourth-order valence-corrected chi connectivity index (χ4v) is 8.80. The summed E-state index contributed by atoms with van der Waals surface area (Å²) in [7, 11) is 0. The molecular weight excluding hydrogens is 415 g/mol. The third kappa shape index (κ3) is 6.68. The first-order valence-corrected chi connectivity index (χ1v) is 26.4. The second-order valence-corrected chi connectivity index (χ2v) is 55.9. The molecule has 88 valence electrons. The first kappa shape index (κ1) is 15.6. The quantitative estimate of drug-likeness (QED) is 0.287. The summed E-state index contributed by atoms with van der Waals surface area (Å²) >= 11 is 0.260. The molecule has 0 fully saturated rings. The molecule has 1 rings (SSSR count). The summed E-state index contributed by atoms with van der Waals surface area (Å²) in [5.74, 6) is 0. The number of hydrogen-bond donors (Lipinski definition) is 0. The Morgan fingerprint density at radius 3 is 1.93 bits per heavy atom. The van der Waals surface area contributed by atoms with Crippen LogP contribution in [0.2, 0.25) is 23.4 Å². The van der Waals surface area contributed by atoms with Crippen molar-refractivity contribution in [2.24, 2.45) is 0 Å². The molecule has 1 aliphatic rings. The number of allylic oxidation sites excluding steroid dienone is 5. The Balaban J connectivity index is 0.000000423. The van der Waals surface area contributed by atoms with Gasteiger partial charge in [0.1, 0.15) is 0 Å². The zero-order chi connectivity index (χ0) is 12.2. The summed E-state index contributed by atoms with van der Waals surface area (Å²) in [6.07, 6.45) is 9.81. The van der Waals surface area contributed by atoms with E-state index in [1.54, 1.807) is 9.41 Å². The van der Waals surface area contributed by atoms with Crippen molar-refractivity contribution in [1.29, 1.82) is 0 Å². The van der Waals surface area contributed by atoms with E-state index < -0.39 is 17.0 Å². The van der Waals surface area contributed by atoms with Gasteiger partial charge in [-0.25, -0.2) is 0 Å². The van der Waals surface area contributed by atoms with Crippen LogP contribution in [0.25, 0.3) is 0 Å². The van der Waals surface area contributed by atoms with Gasteiger partial charge in [0.05, 0.1) is 0 Å². The Morgan fingerprint density at radius 2 is 1.80 bits per heavy atom. The molecular formula is C13H25BrHf. The van der Waals surface area contributed by atoms with Crippen LogP contribution in [0, 0.1) is 0 Å². The fourth-order valence-electron chi connectivity index (χ4n) is 1.37. The van der Waals surface area contributed by atoms with Crippen LogP contribution in [-0.2, 0) is 17.0 Å². The van der Waals surface area contributed by atoms with Crippen LogP contribution >= 0.6 is 15.9 Å². The third-order valence-corrected chi connectivity index (χ3v) is 15.8. The molecule has 15 heavy (non-hydrogen) atoms. The van der Waals surface area contributed by atoms with Crippen molar-refractivity contribution >= 4 is 15.9 Å². The van der Waals surface area contributed by atoms with E-state index in [9.17, 15) is 0 Å². The van der Waals surface area contributed by atoms with Crippen LogP contribution in [-0.4, -0.2) is 5.33 Å². The van der Waals surface area contributed by atoms with Gasteiger partial charge in [-0.2, -0.15) is 0 Å². The van der Waals surface area contributed by atoms with E-state index in [-0.39, 0.29) is 0 Å². The summed E-state index contributed by atoms with van der Waals surface area (Å²) in [6.45, 7) is 3.43. The summed E-state index contributed by atoms with van der Waals surface area (Å²) in [5, 5.41) is 0.896. The first-order chi connectivity index (χ1) is 6.51. The number of alkyl halides is 1. The minimum atomic E-state index is -2.87. The molecule has 2 heteroatoms. The molecule has 0 amide bonds. The monoisotopic (exact) mass is 440 g/mol. The van der Waals surface area contributed by atoms with Crippen molar-refractivity contribution in [2.75, 3.05) is 5.33 Å². The standard InChI is InChI=1S/C5H5.C3H5Br.5CH3.Hf/c1-2-4-5-3-1;1-2-3-4;;;;;;/h1-3H,4H2;2H,1,3H2;5*1H3;. The second kappa shape index (κ2) is 4.44. The molecule has 0 aromatic heterocycles. The molecule has 0 saturated carbocycles. The number of halogens is 1. The number of hydrogen-bond acceptors (Lipinski definition) is 0. The van der Waals surface area contributed by atoms with E-state index in [1.807, 2.05) is 0 Å². The molecule has 0 saturated heterocycles. The molecule has 0 radical (unpaired) electrons. The Labute approximate surface area is 102 Å². The first-order valence-electron chi connectivity index (χ1n) is 5.55. The van der Waals surface area contributed by atoms with E-state index in [0.717, 1.165) is 5.33 Å². The van der Waals surface area contributed by atoms with Crippen molar-refractivity contribution in [1.82, 2.24) is 0 Å². The molecule has 0 N–H and O–H groups in total. The van der Waals surface area contributed by atoms with Crippen LogP contribution in [0.3, 0.4) is 0 Å². The van der Waals surface area contributed by atoms with Crippen LogP contribution in [0.15, 0.2) is 34.2 Å². The second-order valence-electron chi connectivity index (χ2n) is 8.02. The molecule has 0 nitrogen and oxygen atoms in total. The average molecular weight is 440 g/mol. The molecule has 0 aromatic carbocycles. The fraction of sp³-hybridized carbons (Fsp3) is 0.538. The molecule has 0 aromatic rings. The van der Waals surface area contributed by atoms with Gasteiger partial charge >= 0.3 is 68.4 Å². The van der Waals surface area contributed by atoms with Crippen LogP contribution in [0.5, 0.6) is 0 Å². The van der Waals surface area contributed by atoms with Crippen molar-refractivity contribution in [2.45, 2.75) is 29.8 Å². The van der Waals surface area contributed by atoms with E-state index in [0.29, 0.717) is 0 Å². The van der Waals surface area contributed by atoms with Gasteiger partial charge in [0, 0.05) is 5.33 Å². The van der Waals surface area contributed by atoms with Gasteiger partial charge < -0.3 is 0 Å². The third-order valence-electron chi connectivity index (χ3n) is 2.49. The number of rotatable bonds is 2. The zero-order valence-corrected chi connectivity index (χ0v) is 16.0. The van der Waals surface area contributed by atoms with Gasteiger partial charge in [-0.1, -0.05) is 22.0 Å². The van der Waals surface area contributed by atoms with Crippen molar-refractivity contribution < 1.29 is 17.0 Å². The topological polar surface area (TPSA) is 0 Å². The average Bonchev–Trinajstić information content (AvgIpc) is 2.53. The van der Waals surface area contributed by atoms with Gasteiger partial charge in [0.2, 0.25) is 0 Å². The normalized spacial score (nSPS) is 19.5. The minimum absolute atomic E-state index is 0.896. The Hall–Kier alpha value is 0.570. The Kier molecular flexibility index (Phi) is 4.61. The Morgan fingerprint density at radius 1 is 1.33 bits per heavy atom. The van der Waals surface area contributed by atoms with Gasteiger partial charge in [-0.05, 0) is 0 Å². The van der Waals surface area contributed by atoms with E-state index in [4.69, 9.17) is 0 Å². The summed E-state index contributed by atoms with van der Waals surface area (Å²) in [6, 6.07) is 0. The van der Waals surface area contributed by atoms with E-state index in [2.05, 4.69) is 64.1 Å². The van der Waals surface area contributed by atoms with Gasteiger partial charge in [0.25, 0.3) is 0 Å². The van der Waals surface area contributed by atoms with Gasteiger partial charge in [0.15, 0.2) is 0 Å². The van der Waals surface area contributed by atoms with Gasteiger partial charge in [-0.15, -0.1) is 6.58 Å². The maximum absolute atomic E-state index is 3.43. The molecule has 0 unspecified atom stereocenters. The predicted octanol–water partition coefficient (Wildman–Crippen LogP) is 5.86. The summed E-state index contributed by atoms with van der Waals surface area (Å²) in [5.41, 5.74) is 0. The molecule has 0 heterocycles. The zero-order valence-electron chi connectivity index (χ0n) is 10.8. The molecule has 1 aliphatic carbocycles. The Bertz CT molecular complexity index is 287. The molecule has 0 atom stereocenters. The summed E-state index contributed by atoms with van der Waals surface area (Å²) < 4.78 is 14.3. The molecule has 0 aliphatic heterocycles. The maximum atomic E-state index is 3.43. The molecule has 0 spiro atoms. The van der Waals surface area contributed by atoms with Crippen LogP contribution < -0.4 is 0 Å². The predicted molar refractivity (Wildman–Crippen MR) is 75.2 cm³/mol. The van der Waals surface area contributed by atoms with Gasteiger partial charge in [-0.3, -0.25) is 0 Å². The van der Waals surface area contributed by atoms with Crippen LogP contribution in [0.4, 0.5) is 0 Å². The summed E-state index contributed by atoms with van der Waals surface area (Å²) in [4.78, 5) is 0. The van der Waals surface area contributed by atoms with E-state index in [1.165, 1.54) is 6.42 Å². The van der Waals surface area contributed by atoms with Crippen molar-refractivity contribution in [3.8, 4) is 0 Å². The van der Waals surface area contributed by atoms with Crippen LogP contribution in [0.1, 0.15) is 6.42 Å². The van der Waals surface area contributed by atoms with Crippen molar-refractivity contribution in [3.05, 3.63) is 34.2 Å². The van der Waals surface area contributed by atoms with Crippen molar-refractivity contribution in [3.63, 3.8) is 0 Å². The molecule has 0 bridgehead atoms. The van der Waals surface area contributed by atoms with E-state index >= 15 is 0 Å².